The average molecular weight is 293 g/mol. The summed E-state index contributed by atoms with van der Waals surface area (Å²) in [6.07, 6.45) is 5.26. The van der Waals surface area contributed by atoms with Crippen LogP contribution in [0.5, 0.6) is 0 Å². The normalized spacial score (nSPS) is 22.6. The van der Waals surface area contributed by atoms with E-state index < -0.39 is 11.4 Å². The summed E-state index contributed by atoms with van der Waals surface area (Å²) >= 11 is 0. The Kier molecular flexibility index (Phi) is 4.34. The summed E-state index contributed by atoms with van der Waals surface area (Å²) in [4.78, 5) is 30.1. The van der Waals surface area contributed by atoms with Crippen LogP contribution in [-0.2, 0) is 4.79 Å². The Labute approximate surface area is 124 Å². The van der Waals surface area contributed by atoms with Crippen LogP contribution in [0, 0.1) is 5.41 Å². The van der Waals surface area contributed by atoms with Crippen LogP contribution in [0.25, 0.3) is 0 Å². The molecule has 1 aromatic rings. The van der Waals surface area contributed by atoms with E-state index in [2.05, 4.69) is 4.98 Å². The molecule has 1 atom stereocenters. The van der Waals surface area contributed by atoms with Crippen molar-refractivity contribution in [2.24, 2.45) is 5.41 Å². The molecule has 1 fully saturated rings. The number of aromatic nitrogens is 2. The average Bonchev–Trinajstić information content (AvgIpc) is 2.47. The van der Waals surface area contributed by atoms with Crippen LogP contribution in [-0.4, -0.2) is 33.7 Å². The van der Waals surface area contributed by atoms with Crippen molar-refractivity contribution in [1.29, 1.82) is 0 Å². The molecular formula is C15H23N3O3. The number of aliphatic carboxylic acids is 1. The maximum absolute atomic E-state index is 12.5. The van der Waals surface area contributed by atoms with Crippen molar-refractivity contribution in [3.05, 3.63) is 22.7 Å². The fourth-order valence-corrected chi connectivity index (χ4v) is 2.96. The highest BCUT2D eigenvalue weighted by molar-refractivity contribution is 5.75. The van der Waals surface area contributed by atoms with Gasteiger partial charge < -0.3 is 14.6 Å². The predicted octanol–water partition coefficient (Wildman–Crippen LogP) is 1.91. The molecule has 0 bridgehead atoms. The van der Waals surface area contributed by atoms with E-state index in [-0.39, 0.29) is 11.6 Å². The molecule has 2 heterocycles. The standard InChI is InChI=1S/C15H23N3O3/c1-4-15(14(20)21)6-5-8-17(10-15)12-13(19)18(11(2)3)9-7-16-12/h7,9,11H,4-6,8,10H2,1-3H3,(H,20,21). The first-order valence-corrected chi connectivity index (χ1v) is 7.47. The molecule has 0 saturated carbocycles. The minimum atomic E-state index is -0.783. The zero-order valence-corrected chi connectivity index (χ0v) is 12.9. The molecule has 1 aliphatic heterocycles. The lowest BCUT2D eigenvalue weighted by atomic mass is 9.77. The number of hydrogen-bond donors (Lipinski definition) is 1. The van der Waals surface area contributed by atoms with Crippen molar-refractivity contribution in [1.82, 2.24) is 9.55 Å². The number of rotatable bonds is 4. The molecule has 0 spiro atoms. The van der Waals surface area contributed by atoms with Gasteiger partial charge in [-0.1, -0.05) is 6.92 Å². The summed E-state index contributed by atoms with van der Waals surface area (Å²) in [5, 5.41) is 9.54. The lowest BCUT2D eigenvalue weighted by molar-refractivity contribution is -0.149. The van der Waals surface area contributed by atoms with Crippen molar-refractivity contribution in [2.45, 2.75) is 46.1 Å². The second-order valence-corrected chi connectivity index (χ2v) is 6.02. The van der Waals surface area contributed by atoms with E-state index in [1.54, 1.807) is 17.0 Å². The molecule has 2 rings (SSSR count). The number of nitrogens with zero attached hydrogens (tertiary/aromatic N) is 3. The number of anilines is 1. The molecule has 1 N–H and O–H groups in total. The van der Waals surface area contributed by atoms with Gasteiger partial charge in [-0.15, -0.1) is 0 Å². The molecule has 1 aliphatic rings. The SMILES string of the molecule is CCC1(C(=O)O)CCCN(c2nccn(C(C)C)c2=O)C1. The number of piperidine rings is 1. The van der Waals surface area contributed by atoms with E-state index >= 15 is 0 Å². The second-order valence-electron chi connectivity index (χ2n) is 6.02. The summed E-state index contributed by atoms with van der Waals surface area (Å²) in [5.74, 6) is -0.417. The van der Waals surface area contributed by atoms with Crippen molar-refractivity contribution >= 4 is 11.8 Å². The molecule has 0 amide bonds. The summed E-state index contributed by atoms with van der Waals surface area (Å²) in [7, 11) is 0. The molecule has 21 heavy (non-hydrogen) atoms. The molecule has 1 unspecified atom stereocenters. The van der Waals surface area contributed by atoms with Gasteiger partial charge in [-0.2, -0.15) is 0 Å². The van der Waals surface area contributed by atoms with Crippen molar-refractivity contribution < 1.29 is 9.90 Å². The van der Waals surface area contributed by atoms with E-state index in [1.165, 1.54) is 0 Å². The van der Waals surface area contributed by atoms with Crippen LogP contribution in [0.3, 0.4) is 0 Å². The maximum atomic E-state index is 12.5. The highest BCUT2D eigenvalue weighted by atomic mass is 16.4. The Hall–Kier alpha value is -1.85. The van der Waals surface area contributed by atoms with Crippen LogP contribution in [0.4, 0.5) is 5.82 Å². The third-order valence-electron chi connectivity index (χ3n) is 4.41. The zero-order valence-electron chi connectivity index (χ0n) is 12.9. The molecule has 116 valence electrons. The van der Waals surface area contributed by atoms with Gasteiger partial charge in [-0.3, -0.25) is 9.59 Å². The van der Waals surface area contributed by atoms with E-state index in [0.717, 1.165) is 6.42 Å². The van der Waals surface area contributed by atoms with E-state index in [0.29, 0.717) is 31.7 Å². The van der Waals surface area contributed by atoms with Crippen LogP contribution in [0.1, 0.15) is 46.1 Å². The van der Waals surface area contributed by atoms with Crippen molar-refractivity contribution in [2.75, 3.05) is 18.0 Å². The number of carbonyl (C=O) groups is 1. The number of carboxylic acids is 1. The van der Waals surface area contributed by atoms with Crippen LogP contribution < -0.4 is 10.5 Å². The van der Waals surface area contributed by atoms with Gasteiger partial charge in [0, 0.05) is 31.5 Å². The molecule has 6 nitrogen and oxygen atoms in total. The van der Waals surface area contributed by atoms with Gasteiger partial charge in [0.05, 0.1) is 5.41 Å². The lowest BCUT2D eigenvalue weighted by Gasteiger charge is -2.39. The molecule has 0 aromatic carbocycles. The maximum Gasteiger partial charge on any atom is 0.311 e. The Bertz CT molecular complexity index is 582. The van der Waals surface area contributed by atoms with E-state index in [4.69, 9.17) is 0 Å². The first-order chi connectivity index (χ1) is 9.91. The summed E-state index contributed by atoms with van der Waals surface area (Å²) in [6, 6.07) is 0.0550. The van der Waals surface area contributed by atoms with Gasteiger partial charge in [0.15, 0.2) is 5.82 Å². The van der Waals surface area contributed by atoms with Gasteiger partial charge >= 0.3 is 5.97 Å². The third-order valence-corrected chi connectivity index (χ3v) is 4.41. The Balaban J connectivity index is 2.37. The molecule has 6 heteroatoms. The minimum absolute atomic E-state index is 0.0550. The summed E-state index contributed by atoms with van der Waals surface area (Å²) < 4.78 is 1.63. The first-order valence-electron chi connectivity index (χ1n) is 7.47. The third kappa shape index (κ3) is 2.80. The largest absolute Gasteiger partial charge is 0.481 e. The minimum Gasteiger partial charge on any atom is -0.481 e. The summed E-state index contributed by atoms with van der Waals surface area (Å²) in [5.41, 5.74) is -0.921. The number of hydrogen-bond acceptors (Lipinski definition) is 4. The highest BCUT2D eigenvalue weighted by Crippen LogP contribution is 2.34. The Morgan fingerprint density at radius 3 is 2.81 bits per heavy atom. The summed E-state index contributed by atoms with van der Waals surface area (Å²) in [6.45, 7) is 6.80. The first kappa shape index (κ1) is 15.5. The van der Waals surface area contributed by atoms with Gasteiger partial charge in [0.25, 0.3) is 5.56 Å². The monoisotopic (exact) mass is 293 g/mol. The Morgan fingerprint density at radius 2 is 2.24 bits per heavy atom. The molecule has 1 aromatic heterocycles. The smallest absolute Gasteiger partial charge is 0.311 e. The van der Waals surface area contributed by atoms with E-state index in [1.807, 2.05) is 25.7 Å². The Morgan fingerprint density at radius 1 is 1.52 bits per heavy atom. The lowest BCUT2D eigenvalue weighted by Crippen LogP contribution is -2.49. The molecule has 0 aliphatic carbocycles. The second kappa shape index (κ2) is 5.87. The van der Waals surface area contributed by atoms with Crippen molar-refractivity contribution in [3.8, 4) is 0 Å². The molecule has 1 saturated heterocycles. The van der Waals surface area contributed by atoms with Gasteiger partial charge in [-0.05, 0) is 33.1 Å². The van der Waals surface area contributed by atoms with Crippen LogP contribution in [0.15, 0.2) is 17.2 Å². The topological polar surface area (TPSA) is 75.4 Å². The van der Waals surface area contributed by atoms with Gasteiger partial charge in [0.2, 0.25) is 0 Å². The fraction of sp³-hybridized carbons (Fsp3) is 0.667. The molecule has 0 radical (unpaired) electrons. The fourth-order valence-electron chi connectivity index (χ4n) is 2.96. The zero-order chi connectivity index (χ0) is 15.6. The van der Waals surface area contributed by atoms with Crippen LogP contribution >= 0.6 is 0 Å². The van der Waals surface area contributed by atoms with Gasteiger partial charge in [-0.25, -0.2) is 4.98 Å². The van der Waals surface area contributed by atoms with Gasteiger partial charge in [0.1, 0.15) is 0 Å². The van der Waals surface area contributed by atoms with E-state index in [9.17, 15) is 14.7 Å². The molecular weight excluding hydrogens is 270 g/mol. The van der Waals surface area contributed by atoms with Crippen LogP contribution in [0.2, 0.25) is 0 Å². The number of carboxylic acid groups (broad SMARTS) is 1. The predicted molar refractivity (Wildman–Crippen MR) is 80.7 cm³/mol. The highest BCUT2D eigenvalue weighted by Gasteiger charge is 2.41. The van der Waals surface area contributed by atoms with Crippen molar-refractivity contribution in [3.63, 3.8) is 0 Å². The quantitative estimate of drug-likeness (QED) is 0.917.